The molecule has 2 fully saturated rings. The van der Waals surface area contributed by atoms with Gasteiger partial charge in [0.15, 0.2) is 0 Å². The van der Waals surface area contributed by atoms with Crippen LogP contribution in [0.25, 0.3) is 0 Å². The van der Waals surface area contributed by atoms with Crippen molar-refractivity contribution in [3.63, 3.8) is 0 Å². The summed E-state index contributed by atoms with van der Waals surface area (Å²) in [5.74, 6) is 1.48. The molecular formula is C14H17BrN2O. The quantitative estimate of drug-likeness (QED) is 0.861. The Hall–Kier alpha value is -0.870. The summed E-state index contributed by atoms with van der Waals surface area (Å²) in [5, 5.41) is 3.40. The molecule has 2 unspecified atom stereocenters. The van der Waals surface area contributed by atoms with Crippen molar-refractivity contribution in [3.8, 4) is 0 Å². The van der Waals surface area contributed by atoms with Gasteiger partial charge in [-0.1, -0.05) is 15.9 Å². The van der Waals surface area contributed by atoms with Gasteiger partial charge >= 0.3 is 0 Å². The summed E-state index contributed by atoms with van der Waals surface area (Å²) in [7, 11) is 0. The fourth-order valence-electron chi connectivity index (χ4n) is 3.06. The topological polar surface area (TPSA) is 32.3 Å². The number of carbonyl (C=O) groups is 1. The number of likely N-dealkylation sites (tertiary alicyclic amines) is 1. The van der Waals surface area contributed by atoms with Crippen LogP contribution in [0.15, 0.2) is 22.7 Å². The highest BCUT2D eigenvalue weighted by Gasteiger charge is 2.38. The Bertz CT molecular complexity index is 456. The Kier molecular flexibility index (Phi) is 3.16. The molecule has 2 atom stereocenters. The maximum Gasteiger partial charge on any atom is 0.253 e. The number of carbonyl (C=O) groups excluding carboxylic acids is 1. The number of benzene rings is 1. The third-order valence-corrected chi connectivity index (χ3v) is 4.42. The van der Waals surface area contributed by atoms with Gasteiger partial charge in [-0.3, -0.25) is 4.79 Å². The first-order chi connectivity index (χ1) is 8.63. The number of nitrogens with zero attached hydrogens (tertiary/aromatic N) is 1. The highest BCUT2D eigenvalue weighted by Crippen LogP contribution is 2.28. The predicted octanol–water partition coefficient (Wildman–Crippen LogP) is 2.05. The van der Waals surface area contributed by atoms with Gasteiger partial charge in [0.25, 0.3) is 5.91 Å². The minimum Gasteiger partial charge on any atom is -0.338 e. The summed E-state index contributed by atoms with van der Waals surface area (Å²) in [4.78, 5) is 14.5. The summed E-state index contributed by atoms with van der Waals surface area (Å²) < 4.78 is 0.979. The molecule has 3 rings (SSSR count). The fourth-order valence-corrected chi connectivity index (χ4v) is 3.67. The monoisotopic (exact) mass is 308 g/mol. The number of amides is 1. The van der Waals surface area contributed by atoms with Crippen molar-refractivity contribution in [1.82, 2.24) is 10.2 Å². The number of hydrogen-bond donors (Lipinski definition) is 1. The van der Waals surface area contributed by atoms with Crippen LogP contribution < -0.4 is 5.32 Å². The van der Waals surface area contributed by atoms with Crippen molar-refractivity contribution < 1.29 is 4.79 Å². The number of fused-ring (bicyclic) bond motifs is 1. The van der Waals surface area contributed by atoms with Crippen LogP contribution in [0.2, 0.25) is 0 Å². The zero-order valence-electron chi connectivity index (χ0n) is 10.4. The van der Waals surface area contributed by atoms with E-state index in [1.165, 1.54) is 0 Å². The summed E-state index contributed by atoms with van der Waals surface area (Å²) in [6, 6.07) is 5.92. The Morgan fingerprint density at radius 2 is 1.94 bits per heavy atom. The summed E-state index contributed by atoms with van der Waals surface area (Å²) >= 11 is 3.46. The van der Waals surface area contributed by atoms with E-state index < -0.39 is 0 Å². The molecule has 0 saturated carbocycles. The molecule has 18 heavy (non-hydrogen) atoms. The number of rotatable bonds is 1. The second-order valence-corrected chi connectivity index (χ2v) is 6.32. The van der Waals surface area contributed by atoms with Crippen molar-refractivity contribution in [2.75, 3.05) is 26.2 Å². The first kappa shape index (κ1) is 12.2. The van der Waals surface area contributed by atoms with Gasteiger partial charge in [0, 0.05) is 36.2 Å². The molecule has 0 aromatic heterocycles. The van der Waals surface area contributed by atoms with Gasteiger partial charge < -0.3 is 10.2 Å². The third-order valence-electron chi connectivity index (χ3n) is 3.97. The number of aryl methyl sites for hydroxylation is 1. The molecule has 2 heterocycles. The van der Waals surface area contributed by atoms with Crippen molar-refractivity contribution >= 4 is 21.8 Å². The van der Waals surface area contributed by atoms with Gasteiger partial charge in [0.1, 0.15) is 0 Å². The molecule has 2 aliphatic rings. The normalized spacial score (nSPS) is 26.4. The molecule has 4 heteroatoms. The van der Waals surface area contributed by atoms with E-state index in [4.69, 9.17) is 0 Å². The molecule has 1 aromatic carbocycles. The largest absolute Gasteiger partial charge is 0.338 e. The molecule has 2 saturated heterocycles. The van der Waals surface area contributed by atoms with Crippen LogP contribution in [-0.4, -0.2) is 37.0 Å². The highest BCUT2D eigenvalue weighted by molar-refractivity contribution is 9.10. The molecular weight excluding hydrogens is 292 g/mol. The lowest BCUT2D eigenvalue weighted by Gasteiger charge is -2.18. The maximum atomic E-state index is 12.5. The molecule has 2 aliphatic heterocycles. The van der Waals surface area contributed by atoms with Crippen molar-refractivity contribution in [2.24, 2.45) is 11.8 Å². The Morgan fingerprint density at radius 1 is 1.28 bits per heavy atom. The van der Waals surface area contributed by atoms with Gasteiger partial charge in [-0.25, -0.2) is 0 Å². The standard InChI is InChI=1S/C14H17BrN2O/c1-9-2-10(4-13(15)3-9)14(18)17-7-11-5-16-6-12(11)8-17/h2-4,11-12,16H,5-8H2,1H3. The second kappa shape index (κ2) is 4.67. The van der Waals surface area contributed by atoms with Crippen LogP contribution in [0.1, 0.15) is 15.9 Å². The summed E-state index contributed by atoms with van der Waals surface area (Å²) in [5.41, 5.74) is 1.92. The Balaban J connectivity index is 1.78. The summed E-state index contributed by atoms with van der Waals surface area (Å²) in [6.07, 6.45) is 0. The predicted molar refractivity (Wildman–Crippen MR) is 74.6 cm³/mol. The minimum absolute atomic E-state index is 0.175. The van der Waals surface area contributed by atoms with E-state index in [-0.39, 0.29) is 5.91 Å². The Labute approximate surface area is 116 Å². The number of halogens is 1. The van der Waals surface area contributed by atoms with Gasteiger partial charge in [0.2, 0.25) is 0 Å². The van der Waals surface area contributed by atoms with Crippen molar-refractivity contribution in [3.05, 3.63) is 33.8 Å². The lowest BCUT2D eigenvalue weighted by molar-refractivity contribution is 0.0781. The van der Waals surface area contributed by atoms with E-state index >= 15 is 0 Å². The van der Waals surface area contributed by atoms with E-state index in [1.807, 2.05) is 30.0 Å². The summed E-state index contributed by atoms with van der Waals surface area (Å²) in [6.45, 7) is 5.95. The number of nitrogens with one attached hydrogen (secondary N) is 1. The van der Waals surface area contributed by atoms with Crippen LogP contribution in [0.4, 0.5) is 0 Å². The minimum atomic E-state index is 0.175. The molecule has 0 bridgehead atoms. The molecule has 1 aromatic rings. The lowest BCUT2D eigenvalue weighted by Crippen LogP contribution is -2.31. The third kappa shape index (κ3) is 2.19. The zero-order chi connectivity index (χ0) is 12.7. The molecule has 0 aliphatic carbocycles. The van der Waals surface area contributed by atoms with Crippen LogP contribution in [0.3, 0.4) is 0 Å². The number of hydrogen-bond acceptors (Lipinski definition) is 2. The first-order valence-electron chi connectivity index (χ1n) is 6.40. The molecule has 96 valence electrons. The fraction of sp³-hybridized carbons (Fsp3) is 0.500. The molecule has 3 nitrogen and oxygen atoms in total. The maximum absolute atomic E-state index is 12.5. The smallest absolute Gasteiger partial charge is 0.253 e. The van der Waals surface area contributed by atoms with E-state index in [1.54, 1.807) is 0 Å². The first-order valence-corrected chi connectivity index (χ1v) is 7.20. The van der Waals surface area contributed by atoms with Crippen LogP contribution >= 0.6 is 15.9 Å². The Morgan fingerprint density at radius 3 is 2.56 bits per heavy atom. The van der Waals surface area contributed by atoms with E-state index in [2.05, 4.69) is 21.2 Å². The van der Waals surface area contributed by atoms with E-state index in [0.29, 0.717) is 11.8 Å². The van der Waals surface area contributed by atoms with Crippen molar-refractivity contribution in [1.29, 1.82) is 0 Å². The average Bonchev–Trinajstić information content (AvgIpc) is 2.86. The van der Waals surface area contributed by atoms with Crippen LogP contribution in [0, 0.1) is 18.8 Å². The van der Waals surface area contributed by atoms with Crippen LogP contribution in [0.5, 0.6) is 0 Å². The van der Waals surface area contributed by atoms with E-state index in [9.17, 15) is 4.79 Å². The SMILES string of the molecule is Cc1cc(Br)cc(C(=O)N2CC3CNCC3C2)c1. The van der Waals surface area contributed by atoms with Crippen molar-refractivity contribution in [2.45, 2.75) is 6.92 Å². The van der Waals surface area contributed by atoms with E-state index in [0.717, 1.165) is 41.8 Å². The zero-order valence-corrected chi connectivity index (χ0v) is 12.0. The van der Waals surface area contributed by atoms with Gasteiger partial charge in [0.05, 0.1) is 0 Å². The molecule has 0 spiro atoms. The molecule has 0 radical (unpaired) electrons. The molecule has 1 amide bonds. The van der Waals surface area contributed by atoms with Crippen LogP contribution in [-0.2, 0) is 0 Å². The average molecular weight is 309 g/mol. The highest BCUT2D eigenvalue weighted by atomic mass is 79.9. The molecule has 1 N–H and O–H groups in total. The van der Waals surface area contributed by atoms with Gasteiger partial charge in [-0.15, -0.1) is 0 Å². The lowest BCUT2D eigenvalue weighted by atomic mass is 10.0. The second-order valence-electron chi connectivity index (χ2n) is 5.41. The van der Waals surface area contributed by atoms with Gasteiger partial charge in [-0.2, -0.15) is 0 Å². The van der Waals surface area contributed by atoms with Gasteiger partial charge in [-0.05, 0) is 42.5 Å².